The second kappa shape index (κ2) is 8.85. The summed E-state index contributed by atoms with van der Waals surface area (Å²) >= 11 is 6.75. The third-order valence-electron chi connectivity index (χ3n) is 2.37. The molecule has 13 heteroatoms. The number of carbonyl (C=O) groups is 3. The van der Waals surface area contributed by atoms with Crippen molar-refractivity contribution in [3.63, 3.8) is 0 Å². The molecule has 0 saturated heterocycles. The number of oxime groups is 1. The molecule has 0 fully saturated rings. The number of rotatable bonds is 6. The largest absolute Gasteiger partial charge is 0.541 e. The van der Waals surface area contributed by atoms with E-state index < -0.39 is 35.4 Å². The molecule has 0 aliphatic rings. The Morgan fingerprint density at radius 3 is 2.50 bits per heavy atom. The van der Waals surface area contributed by atoms with Crippen LogP contribution in [0.2, 0.25) is 4.34 Å². The Hall–Kier alpha value is -2.34. The molecule has 1 rings (SSSR count). The van der Waals surface area contributed by atoms with Crippen molar-refractivity contribution < 1.29 is 33.7 Å². The lowest BCUT2D eigenvalue weighted by molar-refractivity contribution is -0.146. The second-order valence-electron chi connectivity index (χ2n) is 5.70. The van der Waals surface area contributed by atoms with Gasteiger partial charge in [0.05, 0.1) is 0 Å². The summed E-state index contributed by atoms with van der Waals surface area (Å²) in [5, 5.41) is 14.9. The number of hydrogen-bond donors (Lipinski definition) is 2. The van der Waals surface area contributed by atoms with E-state index in [1.807, 2.05) is 0 Å². The van der Waals surface area contributed by atoms with E-state index in [-0.39, 0.29) is 15.2 Å². The van der Waals surface area contributed by atoms with Gasteiger partial charge in [-0.15, -0.1) is 0 Å². The zero-order chi connectivity index (χ0) is 20.1. The van der Waals surface area contributed by atoms with Gasteiger partial charge in [-0.25, -0.2) is 19.4 Å². The predicted molar refractivity (Wildman–Crippen MR) is 93.5 cm³/mol. The van der Waals surface area contributed by atoms with E-state index in [0.717, 1.165) is 11.3 Å². The van der Waals surface area contributed by atoms with E-state index in [2.05, 4.69) is 28.2 Å². The van der Waals surface area contributed by atoms with E-state index in [1.54, 1.807) is 20.8 Å². The molecule has 0 saturated carbocycles. The van der Waals surface area contributed by atoms with Crippen molar-refractivity contribution >= 4 is 59.9 Å². The summed E-state index contributed by atoms with van der Waals surface area (Å²) < 4.78 is 8.92. The standard InChI is InChI=1S/C13H15BClN3O7S/c1-5(10(21)24-14)25-18-7(9(19)20)6-8(15)26-11(16-6)17-12(22)23-13(2,3)4/h5H,1-4H3,(H,19,20)(H,16,17,22)/t5-/m0/s1. The van der Waals surface area contributed by atoms with Gasteiger partial charge >= 0.3 is 26.1 Å². The van der Waals surface area contributed by atoms with Crippen LogP contribution in [0.3, 0.4) is 0 Å². The molecule has 10 nitrogen and oxygen atoms in total. The van der Waals surface area contributed by atoms with Crippen LogP contribution in [0.5, 0.6) is 0 Å². The van der Waals surface area contributed by atoms with Crippen molar-refractivity contribution in [3.05, 3.63) is 10.0 Å². The fourth-order valence-corrected chi connectivity index (χ4v) is 2.38. The van der Waals surface area contributed by atoms with Gasteiger partial charge in [0, 0.05) is 0 Å². The van der Waals surface area contributed by atoms with Crippen molar-refractivity contribution in [2.24, 2.45) is 5.16 Å². The van der Waals surface area contributed by atoms with Crippen LogP contribution in [0.4, 0.5) is 9.93 Å². The zero-order valence-corrected chi connectivity index (χ0v) is 15.8. The van der Waals surface area contributed by atoms with E-state index in [1.165, 1.54) is 6.92 Å². The predicted octanol–water partition coefficient (Wildman–Crippen LogP) is 1.96. The van der Waals surface area contributed by atoms with Gasteiger partial charge in [-0.2, -0.15) is 0 Å². The summed E-state index contributed by atoms with van der Waals surface area (Å²) in [4.78, 5) is 42.9. The summed E-state index contributed by atoms with van der Waals surface area (Å²) in [6.45, 7) is 6.27. The maximum Gasteiger partial charge on any atom is 0.413 e. The highest BCUT2D eigenvalue weighted by Gasteiger charge is 2.25. The molecule has 1 aromatic rings. The molecule has 26 heavy (non-hydrogen) atoms. The number of nitrogens with zero attached hydrogens (tertiary/aromatic N) is 2. The number of hydrogen-bond acceptors (Lipinski definition) is 9. The van der Waals surface area contributed by atoms with E-state index in [4.69, 9.17) is 21.2 Å². The molecule has 1 atom stereocenters. The maximum atomic E-state index is 11.7. The van der Waals surface area contributed by atoms with Gasteiger partial charge in [0.15, 0.2) is 5.13 Å². The Morgan fingerprint density at radius 1 is 1.38 bits per heavy atom. The smallest absolute Gasteiger partial charge is 0.413 e. The third kappa shape index (κ3) is 6.52. The highest BCUT2D eigenvalue weighted by Crippen LogP contribution is 2.29. The number of carboxylic acid groups (broad SMARTS) is 1. The molecule has 140 valence electrons. The lowest BCUT2D eigenvalue weighted by Crippen LogP contribution is -2.27. The summed E-state index contributed by atoms with van der Waals surface area (Å²) in [7, 11) is 4.69. The first-order valence-electron chi connectivity index (χ1n) is 6.99. The Balaban J connectivity index is 3.00. The molecule has 1 amide bonds. The molecule has 2 radical (unpaired) electrons. The lowest BCUT2D eigenvalue weighted by Gasteiger charge is -2.18. The summed E-state index contributed by atoms with van der Waals surface area (Å²) in [6.07, 6.45) is -2.05. The number of thiazole rings is 1. The maximum absolute atomic E-state index is 11.7. The quantitative estimate of drug-likeness (QED) is 0.418. The monoisotopic (exact) mass is 403 g/mol. The molecule has 0 aromatic carbocycles. The van der Waals surface area contributed by atoms with Crippen LogP contribution in [0, 0.1) is 0 Å². The van der Waals surface area contributed by atoms with Crippen LogP contribution in [0.1, 0.15) is 33.4 Å². The van der Waals surface area contributed by atoms with E-state index >= 15 is 0 Å². The summed E-state index contributed by atoms with van der Waals surface area (Å²) in [5.74, 6) is -2.48. The van der Waals surface area contributed by atoms with Gasteiger partial charge in [0.25, 0.3) is 0 Å². The van der Waals surface area contributed by atoms with Crippen LogP contribution >= 0.6 is 22.9 Å². The Morgan fingerprint density at radius 2 is 2.00 bits per heavy atom. The average Bonchev–Trinajstić information content (AvgIpc) is 2.84. The number of carboxylic acids is 1. The molecule has 0 unspecified atom stereocenters. The number of halogens is 1. The molecule has 1 aromatic heterocycles. The summed E-state index contributed by atoms with van der Waals surface area (Å²) in [6, 6.07) is 0. The number of aliphatic carboxylic acids is 1. The first kappa shape index (κ1) is 21.7. The first-order valence-corrected chi connectivity index (χ1v) is 8.18. The zero-order valence-electron chi connectivity index (χ0n) is 14.2. The molecule has 0 aliphatic carbocycles. The highest BCUT2D eigenvalue weighted by atomic mass is 35.5. The molecule has 0 bridgehead atoms. The van der Waals surface area contributed by atoms with Crippen molar-refractivity contribution in [1.29, 1.82) is 0 Å². The van der Waals surface area contributed by atoms with Gasteiger partial charge in [-0.1, -0.05) is 28.1 Å². The SMILES string of the molecule is [B]OC(=O)[C@H](C)ON=C(C(=O)O)c1nc(NC(=O)OC(C)(C)C)sc1Cl. The number of aromatic nitrogens is 1. The minimum atomic E-state index is -1.52. The van der Waals surface area contributed by atoms with Crippen LogP contribution < -0.4 is 5.32 Å². The summed E-state index contributed by atoms with van der Waals surface area (Å²) in [5.41, 5.74) is -1.67. The number of amides is 1. The Bertz CT molecular complexity index is 732. The van der Waals surface area contributed by atoms with E-state index in [9.17, 15) is 19.5 Å². The van der Waals surface area contributed by atoms with Crippen LogP contribution in [-0.2, 0) is 23.8 Å². The van der Waals surface area contributed by atoms with Gasteiger partial charge in [0.2, 0.25) is 11.8 Å². The number of ether oxygens (including phenoxy) is 1. The molecule has 0 aliphatic heterocycles. The molecular formula is C13H15BClN3O7S. The minimum absolute atomic E-state index is 0.0115. The fraction of sp³-hybridized carbons (Fsp3) is 0.462. The topological polar surface area (TPSA) is 136 Å². The van der Waals surface area contributed by atoms with Gasteiger partial charge in [-0.05, 0) is 27.7 Å². The Kier molecular flexibility index (Phi) is 7.39. The normalized spacial score (nSPS) is 12.9. The van der Waals surface area contributed by atoms with Crippen LogP contribution in [0.25, 0.3) is 0 Å². The minimum Gasteiger partial charge on any atom is -0.541 e. The van der Waals surface area contributed by atoms with Crippen LogP contribution in [0.15, 0.2) is 5.16 Å². The van der Waals surface area contributed by atoms with Crippen molar-refractivity contribution in [2.45, 2.75) is 39.4 Å². The van der Waals surface area contributed by atoms with Crippen molar-refractivity contribution in [1.82, 2.24) is 4.98 Å². The molecular weight excluding hydrogens is 388 g/mol. The van der Waals surface area contributed by atoms with Gasteiger partial charge < -0.3 is 19.3 Å². The average molecular weight is 404 g/mol. The van der Waals surface area contributed by atoms with Crippen molar-refractivity contribution in [2.75, 3.05) is 5.32 Å². The highest BCUT2D eigenvalue weighted by molar-refractivity contribution is 7.20. The fourth-order valence-electron chi connectivity index (χ4n) is 1.35. The van der Waals surface area contributed by atoms with Crippen molar-refractivity contribution in [3.8, 4) is 0 Å². The first-order chi connectivity index (χ1) is 11.9. The second-order valence-corrected chi connectivity index (χ2v) is 7.30. The Labute approximate surface area is 158 Å². The van der Waals surface area contributed by atoms with Crippen LogP contribution in [-0.4, -0.2) is 53.6 Å². The number of nitrogens with one attached hydrogen (secondary N) is 1. The number of anilines is 1. The van der Waals surface area contributed by atoms with Gasteiger partial charge in [-0.3, -0.25) is 5.32 Å². The molecule has 0 spiro atoms. The number of carbonyl (C=O) groups excluding carboxylic acids is 2. The third-order valence-corrected chi connectivity index (χ3v) is 3.54. The molecule has 1 heterocycles. The lowest BCUT2D eigenvalue weighted by atomic mass is 10.2. The van der Waals surface area contributed by atoms with Gasteiger partial charge in [0.1, 0.15) is 15.6 Å². The molecule has 2 N–H and O–H groups in total. The van der Waals surface area contributed by atoms with E-state index in [0.29, 0.717) is 0 Å².